The fraction of sp³-hybridized carbons (Fsp3) is 0.727. The van der Waals surface area contributed by atoms with Gasteiger partial charge in [-0.1, -0.05) is 12.8 Å². The summed E-state index contributed by atoms with van der Waals surface area (Å²) in [6.07, 6.45) is 10.3. The average molecular weight is 192 g/mol. The molecular weight excluding hydrogens is 176 g/mol. The first-order valence-electron chi connectivity index (χ1n) is 5.60. The van der Waals surface area contributed by atoms with Crippen molar-refractivity contribution in [2.45, 2.75) is 38.1 Å². The summed E-state index contributed by atoms with van der Waals surface area (Å²) in [5.74, 6) is 1.64. The number of imidazole rings is 1. The SMILES string of the molecule is O=c1[nH]ccn1C1CC2CCC1CC2. The Hall–Kier alpha value is -0.990. The van der Waals surface area contributed by atoms with Gasteiger partial charge in [0.1, 0.15) is 0 Å². The Balaban J connectivity index is 1.93. The molecule has 4 rings (SSSR count). The molecule has 0 aliphatic heterocycles. The van der Waals surface area contributed by atoms with Gasteiger partial charge in [0, 0.05) is 18.4 Å². The highest BCUT2D eigenvalue weighted by molar-refractivity contribution is 4.93. The van der Waals surface area contributed by atoms with Crippen LogP contribution in [0.15, 0.2) is 17.2 Å². The molecule has 3 nitrogen and oxygen atoms in total. The summed E-state index contributed by atoms with van der Waals surface area (Å²) in [6, 6.07) is 0.487. The molecule has 0 saturated heterocycles. The summed E-state index contributed by atoms with van der Waals surface area (Å²) < 4.78 is 1.91. The third-order valence-corrected chi connectivity index (χ3v) is 4.04. The molecule has 1 aromatic heterocycles. The van der Waals surface area contributed by atoms with Crippen LogP contribution in [0.2, 0.25) is 0 Å². The van der Waals surface area contributed by atoms with Gasteiger partial charge in [0.25, 0.3) is 0 Å². The number of hydrogen-bond acceptors (Lipinski definition) is 1. The van der Waals surface area contributed by atoms with Crippen molar-refractivity contribution in [1.29, 1.82) is 0 Å². The number of hydrogen-bond donors (Lipinski definition) is 1. The quantitative estimate of drug-likeness (QED) is 0.725. The van der Waals surface area contributed by atoms with Crippen LogP contribution in [-0.2, 0) is 0 Å². The van der Waals surface area contributed by atoms with Crippen LogP contribution < -0.4 is 5.69 Å². The maximum absolute atomic E-state index is 11.5. The van der Waals surface area contributed by atoms with Gasteiger partial charge in [0.15, 0.2) is 0 Å². The van der Waals surface area contributed by atoms with Gasteiger partial charge >= 0.3 is 5.69 Å². The molecule has 0 amide bonds. The van der Waals surface area contributed by atoms with Crippen LogP contribution in [-0.4, -0.2) is 9.55 Å². The van der Waals surface area contributed by atoms with Crippen molar-refractivity contribution < 1.29 is 0 Å². The molecule has 3 heteroatoms. The molecule has 1 unspecified atom stereocenters. The second kappa shape index (κ2) is 3.01. The lowest BCUT2D eigenvalue weighted by Gasteiger charge is -2.42. The van der Waals surface area contributed by atoms with E-state index in [0.717, 1.165) is 11.8 Å². The smallest absolute Gasteiger partial charge is 0.313 e. The Morgan fingerprint density at radius 3 is 2.57 bits per heavy atom. The Labute approximate surface area is 83.1 Å². The van der Waals surface area contributed by atoms with Gasteiger partial charge < -0.3 is 4.98 Å². The average Bonchev–Trinajstić information content (AvgIpc) is 2.66. The number of nitrogens with one attached hydrogen (secondary N) is 1. The zero-order valence-electron chi connectivity index (χ0n) is 8.28. The largest absolute Gasteiger partial charge is 0.325 e. The second-order valence-corrected chi connectivity index (χ2v) is 4.76. The van der Waals surface area contributed by atoms with Gasteiger partial charge in [-0.15, -0.1) is 0 Å². The molecule has 0 aromatic carbocycles. The van der Waals surface area contributed by atoms with Gasteiger partial charge in [-0.05, 0) is 31.1 Å². The molecule has 3 fully saturated rings. The van der Waals surface area contributed by atoms with Crippen LogP contribution in [0.3, 0.4) is 0 Å². The van der Waals surface area contributed by atoms with Crippen LogP contribution >= 0.6 is 0 Å². The fourth-order valence-corrected chi connectivity index (χ4v) is 3.28. The van der Waals surface area contributed by atoms with E-state index in [1.165, 1.54) is 32.1 Å². The third kappa shape index (κ3) is 1.15. The monoisotopic (exact) mass is 192 g/mol. The first-order chi connectivity index (χ1) is 6.84. The van der Waals surface area contributed by atoms with Gasteiger partial charge in [0.2, 0.25) is 0 Å². The van der Waals surface area contributed by atoms with E-state index >= 15 is 0 Å². The van der Waals surface area contributed by atoms with Crippen molar-refractivity contribution in [2.75, 3.05) is 0 Å². The molecule has 1 N–H and O–H groups in total. The predicted octanol–water partition coefficient (Wildman–Crippen LogP) is 1.93. The highest BCUT2D eigenvalue weighted by atomic mass is 16.1. The van der Waals surface area contributed by atoms with E-state index < -0.39 is 0 Å². The molecular formula is C11H16N2O. The Bertz CT molecular complexity index is 371. The summed E-state index contributed by atoms with van der Waals surface area (Å²) in [5, 5.41) is 0. The molecule has 0 radical (unpaired) electrons. The Morgan fingerprint density at radius 2 is 2.07 bits per heavy atom. The summed E-state index contributed by atoms with van der Waals surface area (Å²) in [4.78, 5) is 14.2. The van der Waals surface area contributed by atoms with E-state index in [4.69, 9.17) is 0 Å². The van der Waals surface area contributed by atoms with Crippen molar-refractivity contribution in [2.24, 2.45) is 11.8 Å². The number of fused-ring (bicyclic) bond motifs is 3. The van der Waals surface area contributed by atoms with Gasteiger partial charge in [-0.2, -0.15) is 0 Å². The van der Waals surface area contributed by atoms with Crippen molar-refractivity contribution in [1.82, 2.24) is 9.55 Å². The predicted molar refractivity (Wildman–Crippen MR) is 54.2 cm³/mol. The number of rotatable bonds is 1. The number of aromatic nitrogens is 2. The molecule has 1 heterocycles. The zero-order valence-corrected chi connectivity index (χ0v) is 8.28. The van der Waals surface area contributed by atoms with Crippen molar-refractivity contribution in [3.8, 4) is 0 Å². The zero-order chi connectivity index (χ0) is 9.54. The molecule has 3 aliphatic rings. The summed E-state index contributed by atoms with van der Waals surface area (Å²) in [5.41, 5.74) is 0.0718. The van der Waals surface area contributed by atoms with E-state index in [9.17, 15) is 4.79 Å². The van der Waals surface area contributed by atoms with E-state index in [2.05, 4.69) is 4.98 Å². The molecule has 1 atom stereocenters. The van der Waals surface area contributed by atoms with Crippen molar-refractivity contribution in [3.05, 3.63) is 22.9 Å². The summed E-state index contributed by atoms with van der Waals surface area (Å²) in [7, 11) is 0. The minimum atomic E-state index is 0.0718. The Morgan fingerprint density at radius 1 is 1.29 bits per heavy atom. The first-order valence-corrected chi connectivity index (χ1v) is 5.60. The van der Waals surface area contributed by atoms with Crippen LogP contribution in [0.1, 0.15) is 38.1 Å². The maximum Gasteiger partial charge on any atom is 0.325 e. The van der Waals surface area contributed by atoms with Crippen LogP contribution in [0.25, 0.3) is 0 Å². The second-order valence-electron chi connectivity index (χ2n) is 4.76. The molecule has 3 aliphatic carbocycles. The third-order valence-electron chi connectivity index (χ3n) is 4.04. The van der Waals surface area contributed by atoms with Crippen LogP contribution in [0.4, 0.5) is 0 Å². The van der Waals surface area contributed by atoms with Gasteiger partial charge in [-0.25, -0.2) is 4.79 Å². The molecule has 3 saturated carbocycles. The van der Waals surface area contributed by atoms with Gasteiger partial charge in [0.05, 0.1) is 0 Å². The lowest BCUT2D eigenvalue weighted by Crippen LogP contribution is -2.36. The van der Waals surface area contributed by atoms with Crippen molar-refractivity contribution in [3.63, 3.8) is 0 Å². The van der Waals surface area contributed by atoms with E-state index in [1.54, 1.807) is 6.20 Å². The number of H-pyrrole nitrogens is 1. The fourth-order valence-electron chi connectivity index (χ4n) is 3.28. The summed E-state index contributed by atoms with van der Waals surface area (Å²) >= 11 is 0. The normalized spacial score (nSPS) is 36.1. The number of aromatic amines is 1. The molecule has 0 spiro atoms. The van der Waals surface area contributed by atoms with Crippen LogP contribution in [0.5, 0.6) is 0 Å². The minimum absolute atomic E-state index is 0.0718. The lowest BCUT2D eigenvalue weighted by molar-refractivity contribution is 0.103. The van der Waals surface area contributed by atoms with Crippen LogP contribution in [0, 0.1) is 11.8 Å². The van der Waals surface area contributed by atoms with E-state index in [0.29, 0.717) is 6.04 Å². The van der Waals surface area contributed by atoms with Gasteiger partial charge in [-0.3, -0.25) is 4.57 Å². The minimum Gasteiger partial charge on any atom is -0.313 e. The molecule has 1 aromatic rings. The standard InChI is InChI=1S/C11H16N2O/c14-11-12-5-6-13(11)10-7-8-1-3-9(10)4-2-8/h5-6,8-10H,1-4,7H2,(H,12,14). The highest BCUT2D eigenvalue weighted by Gasteiger charge is 2.36. The summed E-state index contributed by atoms with van der Waals surface area (Å²) in [6.45, 7) is 0. The topological polar surface area (TPSA) is 37.8 Å². The molecule has 76 valence electrons. The number of nitrogens with zero attached hydrogens (tertiary/aromatic N) is 1. The highest BCUT2D eigenvalue weighted by Crippen LogP contribution is 2.46. The maximum atomic E-state index is 11.5. The first kappa shape index (κ1) is 8.33. The lowest BCUT2D eigenvalue weighted by atomic mass is 9.68. The van der Waals surface area contributed by atoms with E-state index in [1.807, 2.05) is 10.8 Å². The molecule has 2 bridgehead atoms. The van der Waals surface area contributed by atoms with Crippen molar-refractivity contribution >= 4 is 0 Å². The van der Waals surface area contributed by atoms with E-state index in [-0.39, 0.29) is 5.69 Å². The molecule has 14 heavy (non-hydrogen) atoms. The Kier molecular flexibility index (Phi) is 1.79.